The molecule has 10 nitrogen and oxygen atoms in total. The lowest BCUT2D eigenvalue weighted by Crippen LogP contribution is -2.22. The Balaban J connectivity index is 1.72. The van der Waals surface area contributed by atoms with E-state index >= 15 is 0 Å². The van der Waals surface area contributed by atoms with E-state index in [0.29, 0.717) is 28.6 Å². The SMILES string of the molecule is COC(=O)c1ccccc1NC(=O)Cn1nnc(-c2ccc(OC)c(OC)c2)n1. The number of amides is 1. The molecule has 0 spiro atoms. The summed E-state index contributed by atoms with van der Waals surface area (Å²) in [6, 6.07) is 11.7. The summed E-state index contributed by atoms with van der Waals surface area (Å²) >= 11 is 0. The Labute approximate surface area is 166 Å². The molecule has 0 saturated heterocycles. The number of carbonyl (C=O) groups excluding carboxylic acids is 2. The van der Waals surface area contributed by atoms with E-state index in [1.807, 2.05) is 0 Å². The van der Waals surface area contributed by atoms with Gasteiger partial charge in [0.25, 0.3) is 0 Å². The molecule has 1 N–H and O–H groups in total. The number of hydrogen-bond acceptors (Lipinski definition) is 8. The topological polar surface area (TPSA) is 117 Å². The molecule has 0 unspecified atom stereocenters. The zero-order valence-electron chi connectivity index (χ0n) is 16.1. The van der Waals surface area contributed by atoms with Crippen LogP contribution < -0.4 is 14.8 Å². The number of esters is 1. The predicted molar refractivity (Wildman–Crippen MR) is 103 cm³/mol. The smallest absolute Gasteiger partial charge is 0.339 e. The Bertz CT molecular complexity index is 1030. The Morgan fingerprint density at radius 3 is 2.52 bits per heavy atom. The monoisotopic (exact) mass is 397 g/mol. The number of ether oxygens (including phenoxy) is 3. The van der Waals surface area contributed by atoms with Crippen LogP contribution >= 0.6 is 0 Å². The number of anilines is 1. The normalized spacial score (nSPS) is 10.3. The summed E-state index contributed by atoms with van der Waals surface area (Å²) in [5.74, 6) is 0.465. The summed E-state index contributed by atoms with van der Waals surface area (Å²) in [4.78, 5) is 25.3. The summed E-state index contributed by atoms with van der Waals surface area (Å²) in [5, 5.41) is 14.7. The number of benzene rings is 2. The Morgan fingerprint density at radius 2 is 1.79 bits per heavy atom. The van der Waals surface area contributed by atoms with E-state index < -0.39 is 11.9 Å². The highest BCUT2D eigenvalue weighted by Crippen LogP contribution is 2.30. The third-order valence-corrected chi connectivity index (χ3v) is 3.99. The lowest BCUT2D eigenvalue weighted by Gasteiger charge is -2.09. The van der Waals surface area contributed by atoms with Gasteiger partial charge in [-0.2, -0.15) is 4.80 Å². The molecule has 0 fully saturated rings. The minimum atomic E-state index is -0.546. The summed E-state index contributed by atoms with van der Waals surface area (Å²) in [6.45, 7) is -0.185. The van der Waals surface area contributed by atoms with E-state index in [1.54, 1.807) is 49.6 Å². The second kappa shape index (κ2) is 8.83. The van der Waals surface area contributed by atoms with E-state index in [9.17, 15) is 9.59 Å². The van der Waals surface area contributed by atoms with Gasteiger partial charge in [-0.15, -0.1) is 10.2 Å². The van der Waals surface area contributed by atoms with E-state index in [0.717, 1.165) is 4.80 Å². The molecule has 2 aromatic carbocycles. The molecule has 0 aliphatic heterocycles. The lowest BCUT2D eigenvalue weighted by atomic mass is 10.2. The summed E-state index contributed by atoms with van der Waals surface area (Å²) in [5.41, 5.74) is 1.25. The van der Waals surface area contributed by atoms with Crippen LogP contribution in [0.3, 0.4) is 0 Å². The third kappa shape index (κ3) is 4.49. The molecular weight excluding hydrogens is 378 g/mol. The number of nitrogens with one attached hydrogen (secondary N) is 1. The molecule has 1 heterocycles. The number of nitrogens with zero attached hydrogens (tertiary/aromatic N) is 4. The number of para-hydroxylation sites is 1. The van der Waals surface area contributed by atoms with Gasteiger partial charge < -0.3 is 19.5 Å². The fraction of sp³-hybridized carbons (Fsp3) is 0.211. The fourth-order valence-corrected chi connectivity index (χ4v) is 2.60. The van der Waals surface area contributed by atoms with Crippen molar-refractivity contribution in [2.75, 3.05) is 26.6 Å². The van der Waals surface area contributed by atoms with Crippen LogP contribution in [-0.2, 0) is 16.1 Å². The average molecular weight is 397 g/mol. The van der Waals surface area contributed by atoms with Crippen LogP contribution in [0.5, 0.6) is 11.5 Å². The maximum Gasteiger partial charge on any atom is 0.339 e. The minimum absolute atomic E-state index is 0.185. The molecule has 0 aliphatic carbocycles. The average Bonchev–Trinajstić information content (AvgIpc) is 3.21. The standard InChI is InChI=1S/C19H19N5O5/c1-27-15-9-8-12(10-16(15)28-2)18-21-23-24(22-18)11-17(25)20-14-7-5-4-6-13(14)19(26)29-3/h4-10H,11H2,1-3H3,(H,20,25). The van der Waals surface area contributed by atoms with Crippen molar-refractivity contribution >= 4 is 17.6 Å². The molecule has 0 aliphatic rings. The van der Waals surface area contributed by atoms with Crippen LogP contribution in [0.4, 0.5) is 5.69 Å². The maximum absolute atomic E-state index is 12.3. The molecule has 3 rings (SSSR count). The number of hydrogen-bond donors (Lipinski definition) is 1. The Morgan fingerprint density at radius 1 is 1.03 bits per heavy atom. The first-order valence-electron chi connectivity index (χ1n) is 8.53. The highest BCUT2D eigenvalue weighted by molar-refractivity contribution is 6.01. The van der Waals surface area contributed by atoms with Gasteiger partial charge in [0, 0.05) is 5.56 Å². The quantitative estimate of drug-likeness (QED) is 0.600. The van der Waals surface area contributed by atoms with Crippen molar-refractivity contribution in [3.05, 3.63) is 48.0 Å². The molecular formula is C19H19N5O5. The first-order valence-corrected chi connectivity index (χ1v) is 8.53. The van der Waals surface area contributed by atoms with Gasteiger partial charge in [-0.25, -0.2) is 4.79 Å². The maximum atomic E-state index is 12.3. The van der Waals surface area contributed by atoms with Crippen LogP contribution in [-0.4, -0.2) is 53.4 Å². The first-order chi connectivity index (χ1) is 14.0. The van der Waals surface area contributed by atoms with Gasteiger partial charge in [0.2, 0.25) is 11.7 Å². The van der Waals surface area contributed by atoms with Gasteiger partial charge in [0.15, 0.2) is 11.5 Å². The number of methoxy groups -OCH3 is 3. The lowest BCUT2D eigenvalue weighted by molar-refractivity contribution is -0.117. The Kier molecular flexibility index (Phi) is 6.03. The van der Waals surface area contributed by atoms with Crippen molar-refractivity contribution < 1.29 is 23.8 Å². The van der Waals surface area contributed by atoms with Gasteiger partial charge in [0.05, 0.1) is 32.6 Å². The molecule has 1 aromatic heterocycles. The molecule has 3 aromatic rings. The molecule has 0 radical (unpaired) electrons. The largest absolute Gasteiger partial charge is 0.493 e. The van der Waals surface area contributed by atoms with E-state index in [-0.39, 0.29) is 12.1 Å². The Hall–Kier alpha value is -3.95. The molecule has 10 heteroatoms. The molecule has 0 bridgehead atoms. The van der Waals surface area contributed by atoms with Crippen LogP contribution in [0.15, 0.2) is 42.5 Å². The van der Waals surface area contributed by atoms with Crippen LogP contribution in [0.25, 0.3) is 11.4 Å². The van der Waals surface area contributed by atoms with Gasteiger partial charge in [-0.3, -0.25) is 4.79 Å². The van der Waals surface area contributed by atoms with Crippen molar-refractivity contribution in [1.82, 2.24) is 20.2 Å². The highest BCUT2D eigenvalue weighted by atomic mass is 16.5. The van der Waals surface area contributed by atoms with Crippen molar-refractivity contribution in [2.24, 2.45) is 0 Å². The highest BCUT2D eigenvalue weighted by Gasteiger charge is 2.15. The zero-order chi connectivity index (χ0) is 20.8. The minimum Gasteiger partial charge on any atom is -0.493 e. The second-order valence-corrected chi connectivity index (χ2v) is 5.80. The molecule has 0 atom stereocenters. The van der Waals surface area contributed by atoms with Crippen molar-refractivity contribution in [1.29, 1.82) is 0 Å². The second-order valence-electron chi connectivity index (χ2n) is 5.80. The molecule has 29 heavy (non-hydrogen) atoms. The molecule has 0 saturated carbocycles. The van der Waals surface area contributed by atoms with Crippen LogP contribution in [0.1, 0.15) is 10.4 Å². The predicted octanol–water partition coefficient (Wildman–Crippen LogP) is 1.78. The van der Waals surface area contributed by atoms with Gasteiger partial charge in [-0.1, -0.05) is 12.1 Å². The first kappa shape index (κ1) is 19.8. The number of carbonyl (C=O) groups is 2. The summed E-state index contributed by atoms with van der Waals surface area (Å²) in [7, 11) is 4.35. The van der Waals surface area contributed by atoms with E-state index in [2.05, 4.69) is 20.7 Å². The summed E-state index contributed by atoms with van der Waals surface area (Å²) < 4.78 is 15.2. The van der Waals surface area contributed by atoms with Crippen LogP contribution in [0.2, 0.25) is 0 Å². The van der Waals surface area contributed by atoms with Gasteiger partial charge in [-0.05, 0) is 35.5 Å². The zero-order valence-corrected chi connectivity index (χ0v) is 16.1. The van der Waals surface area contributed by atoms with Crippen molar-refractivity contribution in [3.63, 3.8) is 0 Å². The number of rotatable bonds is 7. The molecule has 150 valence electrons. The number of tetrazole rings is 1. The fourth-order valence-electron chi connectivity index (χ4n) is 2.60. The molecule has 1 amide bonds. The van der Waals surface area contributed by atoms with E-state index in [4.69, 9.17) is 14.2 Å². The van der Waals surface area contributed by atoms with Crippen molar-refractivity contribution in [3.8, 4) is 22.9 Å². The third-order valence-electron chi connectivity index (χ3n) is 3.99. The summed E-state index contributed by atoms with van der Waals surface area (Å²) in [6.07, 6.45) is 0. The van der Waals surface area contributed by atoms with Gasteiger partial charge >= 0.3 is 5.97 Å². The number of aromatic nitrogens is 4. The van der Waals surface area contributed by atoms with Crippen molar-refractivity contribution in [2.45, 2.75) is 6.54 Å². The van der Waals surface area contributed by atoms with E-state index in [1.165, 1.54) is 14.2 Å². The van der Waals surface area contributed by atoms with Gasteiger partial charge in [0.1, 0.15) is 6.54 Å². The van der Waals surface area contributed by atoms with Crippen LogP contribution in [0, 0.1) is 0 Å².